The van der Waals surface area contributed by atoms with Crippen molar-refractivity contribution in [3.63, 3.8) is 0 Å². The second-order valence-electron chi connectivity index (χ2n) is 6.59. The van der Waals surface area contributed by atoms with Crippen molar-refractivity contribution in [2.24, 2.45) is 10.1 Å². The Balaban J connectivity index is 1.79. The summed E-state index contributed by atoms with van der Waals surface area (Å²) in [5.74, 6) is 0. The predicted molar refractivity (Wildman–Crippen MR) is 104 cm³/mol. The summed E-state index contributed by atoms with van der Waals surface area (Å²) in [7, 11) is 1.76. The average Bonchev–Trinajstić information content (AvgIpc) is 2.90. The smallest absolute Gasteiger partial charge is 0.269 e. The van der Waals surface area contributed by atoms with Gasteiger partial charge >= 0.3 is 0 Å². The van der Waals surface area contributed by atoms with Gasteiger partial charge in [0.1, 0.15) is 0 Å². The Morgan fingerprint density at radius 1 is 1.30 bits per heavy atom. The molecule has 2 aromatic carbocycles. The van der Waals surface area contributed by atoms with Gasteiger partial charge in [0, 0.05) is 24.6 Å². The predicted octanol–water partition coefficient (Wildman–Crippen LogP) is 3.90. The third-order valence-corrected chi connectivity index (χ3v) is 4.50. The number of fused-ring (bicyclic) bond motifs is 1. The van der Waals surface area contributed by atoms with Gasteiger partial charge in [0.15, 0.2) is 0 Å². The molecule has 0 spiro atoms. The summed E-state index contributed by atoms with van der Waals surface area (Å²) in [6.07, 6.45) is 1.68. The minimum atomic E-state index is -0.439. The number of nitro benzene ring substituents is 1. The molecule has 2 aromatic rings. The third-order valence-electron chi connectivity index (χ3n) is 4.50. The molecule has 1 aliphatic heterocycles. The van der Waals surface area contributed by atoms with Crippen molar-refractivity contribution in [2.75, 3.05) is 17.5 Å². The first-order chi connectivity index (χ1) is 12.8. The maximum atomic E-state index is 10.7. The molecule has 0 fully saturated rings. The largest absolute Gasteiger partial charge is 0.269 e. The summed E-state index contributed by atoms with van der Waals surface area (Å²) in [5.41, 5.74) is 5.94. The molecule has 140 valence electrons. The number of anilines is 2. The van der Waals surface area contributed by atoms with Crippen molar-refractivity contribution in [3.8, 4) is 0 Å². The lowest BCUT2D eigenvalue weighted by molar-refractivity contribution is -0.384. The molecule has 0 radical (unpaired) electrons. The highest BCUT2D eigenvalue weighted by molar-refractivity contribution is 6.36. The van der Waals surface area contributed by atoms with Crippen LogP contribution in [-0.4, -0.2) is 29.2 Å². The summed E-state index contributed by atoms with van der Waals surface area (Å²) in [6.45, 7) is 4.05. The normalized spacial score (nSPS) is 14.7. The lowest BCUT2D eigenvalue weighted by Gasteiger charge is -2.21. The fraction of sp³-hybridized carbons (Fsp3) is 0.222. The van der Waals surface area contributed by atoms with E-state index in [0.29, 0.717) is 5.69 Å². The van der Waals surface area contributed by atoms with Crippen molar-refractivity contribution in [1.29, 1.82) is 0 Å². The van der Waals surface area contributed by atoms with Gasteiger partial charge in [-0.25, -0.2) is 10.7 Å². The quantitative estimate of drug-likeness (QED) is 0.346. The first-order valence-corrected chi connectivity index (χ1v) is 8.15. The van der Waals surface area contributed by atoms with Crippen LogP contribution in [0.3, 0.4) is 0 Å². The summed E-state index contributed by atoms with van der Waals surface area (Å²) >= 11 is 0. The molecule has 0 saturated heterocycles. The van der Waals surface area contributed by atoms with Crippen LogP contribution in [0.2, 0.25) is 0 Å². The maximum absolute atomic E-state index is 10.7. The van der Waals surface area contributed by atoms with Gasteiger partial charge in [0.2, 0.25) is 0 Å². The van der Waals surface area contributed by atoms with Crippen molar-refractivity contribution in [2.45, 2.75) is 19.3 Å². The van der Waals surface area contributed by atoms with Crippen LogP contribution in [0.1, 0.15) is 19.4 Å². The van der Waals surface area contributed by atoms with E-state index in [1.165, 1.54) is 12.1 Å². The van der Waals surface area contributed by atoms with E-state index >= 15 is 0 Å². The Kier molecular flexibility index (Phi) is 4.89. The van der Waals surface area contributed by atoms with E-state index in [1.54, 1.807) is 36.5 Å². The van der Waals surface area contributed by atoms with Gasteiger partial charge in [-0.1, -0.05) is 13.8 Å². The van der Waals surface area contributed by atoms with Crippen LogP contribution in [0.25, 0.3) is 0 Å². The van der Waals surface area contributed by atoms with Crippen LogP contribution in [0.4, 0.5) is 22.7 Å². The number of benzene rings is 2. The van der Waals surface area contributed by atoms with Crippen molar-refractivity contribution < 1.29 is 15.2 Å². The molecule has 27 heavy (non-hydrogen) atoms. The number of hydrazone groups is 1. The van der Waals surface area contributed by atoms with E-state index in [-0.39, 0.29) is 11.1 Å². The van der Waals surface area contributed by atoms with Crippen LogP contribution >= 0.6 is 0 Å². The molecular formula is C18H19N5O4. The first kappa shape index (κ1) is 18.5. The van der Waals surface area contributed by atoms with Crippen molar-refractivity contribution >= 4 is 34.7 Å². The van der Waals surface area contributed by atoms with Crippen LogP contribution in [0, 0.1) is 10.1 Å². The molecule has 0 bridgehead atoms. The first-order valence-electron chi connectivity index (χ1n) is 8.15. The monoisotopic (exact) mass is 369 g/mol. The number of nitrogens with one attached hydrogen (secondary N) is 1. The molecule has 3 rings (SSSR count). The van der Waals surface area contributed by atoms with Gasteiger partial charge in [-0.3, -0.25) is 20.1 Å². The van der Waals surface area contributed by atoms with Crippen LogP contribution in [0.5, 0.6) is 0 Å². The number of aliphatic imine (C=N–C) groups is 1. The zero-order chi connectivity index (χ0) is 19.6. The lowest BCUT2D eigenvalue weighted by Crippen LogP contribution is -2.27. The molecule has 9 nitrogen and oxygen atoms in total. The van der Waals surface area contributed by atoms with E-state index in [9.17, 15) is 10.1 Å². The second kappa shape index (κ2) is 7.14. The highest BCUT2D eigenvalue weighted by atomic mass is 17.2. The Morgan fingerprint density at radius 2 is 2.00 bits per heavy atom. The van der Waals surface area contributed by atoms with E-state index in [4.69, 9.17) is 5.26 Å². The van der Waals surface area contributed by atoms with Crippen LogP contribution in [-0.2, 0) is 10.4 Å². The fourth-order valence-electron chi connectivity index (χ4n) is 2.85. The average molecular weight is 369 g/mol. The summed E-state index contributed by atoms with van der Waals surface area (Å²) in [5, 5.41) is 25.3. The molecule has 0 aliphatic carbocycles. The SMILES string of the molecule is CN(N=CC1=Nc2ccc(NOO)cc2C1(C)C)c1ccc([N+](=O)[O-])cc1. The van der Waals surface area contributed by atoms with E-state index in [0.717, 1.165) is 22.6 Å². The van der Waals surface area contributed by atoms with E-state index in [1.807, 2.05) is 26.0 Å². The molecule has 1 aliphatic rings. The summed E-state index contributed by atoms with van der Waals surface area (Å²) < 4.78 is 0. The molecular weight excluding hydrogens is 350 g/mol. The van der Waals surface area contributed by atoms with Gasteiger partial charge in [0.05, 0.1) is 33.9 Å². The third kappa shape index (κ3) is 3.64. The fourth-order valence-corrected chi connectivity index (χ4v) is 2.85. The minimum absolute atomic E-state index is 0.0316. The number of non-ortho nitro benzene ring substituents is 1. The Bertz CT molecular complexity index is 922. The van der Waals surface area contributed by atoms with Gasteiger partial charge in [0.25, 0.3) is 5.69 Å². The number of hydrogen-bond donors (Lipinski definition) is 2. The number of hydrogen-bond acceptors (Lipinski definition) is 8. The highest BCUT2D eigenvalue weighted by Gasteiger charge is 2.34. The molecule has 0 atom stereocenters. The van der Waals surface area contributed by atoms with Gasteiger partial charge in [-0.15, -0.1) is 4.99 Å². The molecule has 1 heterocycles. The summed E-state index contributed by atoms with van der Waals surface area (Å²) in [6, 6.07) is 11.6. The van der Waals surface area contributed by atoms with Crippen molar-refractivity contribution in [3.05, 3.63) is 58.1 Å². The number of rotatable bonds is 6. The molecule has 9 heteroatoms. The van der Waals surface area contributed by atoms with Gasteiger partial charge < -0.3 is 0 Å². The second-order valence-corrected chi connectivity index (χ2v) is 6.59. The topological polar surface area (TPSA) is 113 Å². The minimum Gasteiger partial charge on any atom is -0.269 e. The van der Waals surface area contributed by atoms with Gasteiger partial charge in [-0.2, -0.15) is 5.10 Å². The maximum Gasteiger partial charge on any atom is 0.269 e. The van der Waals surface area contributed by atoms with E-state index in [2.05, 4.69) is 20.6 Å². The van der Waals surface area contributed by atoms with Crippen LogP contribution < -0.4 is 10.5 Å². The Morgan fingerprint density at radius 3 is 2.63 bits per heavy atom. The van der Waals surface area contributed by atoms with Crippen molar-refractivity contribution in [1.82, 2.24) is 0 Å². The number of nitro groups is 1. The number of nitrogens with zero attached hydrogens (tertiary/aromatic N) is 4. The molecule has 0 unspecified atom stereocenters. The molecule has 2 N–H and O–H groups in total. The molecule has 0 amide bonds. The standard InChI is InChI=1S/C18H19N5O4/c1-18(2)15-10-12(21-27-26)4-9-16(15)20-17(18)11-19-22(3)13-5-7-14(8-6-13)23(24)25/h4-11,21,26H,1-3H3. The zero-order valence-corrected chi connectivity index (χ0v) is 15.1. The Labute approximate surface area is 155 Å². The van der Waals surface area contributed by atoms with Gasteiger partial charge in [-0.05, 0) is 35.9 Å². The van der Waals surface area contributed by atoms with Crippen LogP contribution in [0.15, 0.2) is 52.6 Å². The molecule has 0 aromatic heterocycles. The zero-order valence-electron chi connectivity index (χ0n) is 15.1. The lowest BCUT2D eigenvalue weighted by atomic mass is 9.82. The summed E-state index contributed by atoms with van der Waals surface area (Å²) in [4.78, 5) is 18.9. The van der Waals surface area contributed by atoms with E-state index < -0.39 is 4.92 Å². The highest BCUT2D eigenvalue weighted by Crippen LogP contribution is 2.40. The molecule has 0 saturated carbocycles. The Hall–Kier alpha value is -3.30.